The van der Waals surface area contributed by atoms with Gasteiger partial charge in [0.15, 0.2) is 0 Å². The van der Waals surface area contributed by atoms with Gasteiger partial charge >= 0.3 is 0 Å². The van der Waals surface area contributed by atoms with E-state index >= 15 is 0 Å². The van der Waals surface area contributed by atoms with Gasteiger partial charge in [0.1, 0.15) is 0 Å². The third-order valence-electron chi connectivity index (χ3n) is 2.48. The van der Waals surface area contributed by atoms with Crippen molar-refractivity contribution in [2.24, 2.45) is 0 Å². The second-order valence-corrected chi connectivity index (χ2v) is 3.91. The maximum absolute atomic E-state index is 3.83. The van der Waals surface area contributed by atoms with Gasteiger partial charge in [0.2, 0.25) is 0 Å². The summed E-state index contributed by atoms with van der Waals surface area (Å²) in [6.07, 6.45) is 7.86. The first-order valence-electron chi connectivity index (χ1n) is 6.24. The molecule has 0 aliphatic carbocycles. The van der Waals surface area contributed by atoms with Gasteiger partial charge in [-0.2, -0.15) is 0 Å². The monoisotopic (exact) mass is 231 g/mol. The molecule has 0 radical (unpaired) electrons. The fourth-order valence-corrected chi connectivity index (χ4v) is 1.68. The summed E-state index contributed by atoms with van der Waals surface area (Å²) in [4.78, 5) is 0. The molecule has 94 valence electrons. The SMILES string of the molecule is C=C/C=c1/ccn(C(C)C)/c1=C(\C)C=C.CC. The summed E-state index contributed by atoms with van der Waals surface area (Å²) in [5, 5.41) is 2.44. The molecule has 0 saturated carbocycles. The molecule has 0 amide bonds. The Morgan fingerprint density at radius 1 is 1.29 bits per heavy atom. The van der Waals surface area contributed by atoms with Gasteiger partial charge < -0.3 is 4.57 Å². The standard InChI is InChI=1S/C14H19N.C2H6/c1-6-8-13-9-10-15(11(3)4)14(13)12(5)7-2;1-2/h6-11H,1-2H2,3-5H3;1-2H3/b13-8-,14-12+;. The first-order valence-corrected chi connectivity index (χ1v) is 6.24. The maximum atomic E-state index is 3.83. The highest BCUT2D eigenvalue weighted by atomic mass is 15.0. The zero-order chi connectivity index (χ0) is 13.4. The summed E-state index contributed by atoms with van der Waals surface area (Å²) in [6.45, 7) is 18.0. The van der Waals surface area contributed by atoms with Crippen LogP contribution in [0.1, 0.15) is 40.7 Å². The van der Waals surface area contributed by atoms with Crippen LogP contribution in [-0.4, -0.2) is 4.57 Å². The third-order valence-corrected chi connectivity index (χ3v) is 2.48. The van der Waals surface area contributed by atoms with Crippen molar-refractivity contribution in [2.45, 2.75) is 40.7 Å². The average Bonchev–Trinajstić information content (AvgIpc) is 2.75. The fourth-order valence-electron chi connectivity index (χ4n) is 1.68. The Labute approximate surface area is 105 Å². The van der Waals surface area contributed by atoms with Gasteiger partial charge in [-0.05, 0) is 37.6 Å². The fraction of sp³-hybridized carbons (Fsp3) is 0.375. The molecule has 1 heterocycles. The van der Waals surface area contributed by atoms with Crippen molar-refractivity contribution < 1.29 is 0 Å². The first kappa shape index (κ1) is 15.5. The van der Waals surface area contributed by atoms with Gasteiger partial charge in [-0.15, -0.1) is 0 Å². The van der Waals surface area contributed by atoms with Crippen molar-refractivity contribution in [3.05, 3.63) is 48.1 Å². The number of aromatic nitrogens is 1. The van der Waals surface area contributed by atoms with Gasteiger partial charge in [-0.3, -0.25) is 0 Å². The maximum Gasteiger partial charge on any atom is 0.0512 e. The molecule has 0 aromatic carbocycles. The normalized spacial score (nSPS) is 12.9. The molecule has 0 atom stereocenters. The zero-order valence-electron chi connectivity index (χ0n) is 11.8. The Balaban J connectivity index is 0.00000121. The van der Waals surface area contributed by atoms with E-state index in [1.54, 1.807) is 0 Å². The van der Waals surface area contributed by atoms with Crippen molar-refractivity contribution in [1.29, 1.82) is 0 Å². The minimum absolute atomic E-state index is 0.460. The van der Waals surface area contributed by atoms with Crippen molar-refractivity contribution in [1.82, 2.24) is 4.57 Å². The molecule has 1 rings (SSSR count). The topological polar surface area (TPSA) is 4.93 Å². The predicted molar refractivity (Wildman–Crippen MR) is 79.4 cm³/mol. The van der Waals surface area contributed by atoms with Crippen LogP contribution in [0.4, 0.5) is 0 Å². The minimum Gasteiger partial charge on any atom is -0.345 e. The van der Waals surface area contributed by atoms with E-state index < -0.39 is 0 Å². The summed E-state index contributed by atoms with van der Waals surface area (Å²) < 4.78 is 2.26. The zero-order valence-corrected chi connectivity index (χ0v) is 11.8. The van der Waals surface area contributed by atoms with Crippen LogP contribution in [-0.2, 0) is 0 Å². The highest BCUT2D eigenvalue weighted by Gasteiger charge is 2.01. The molecule has 17 heavy (non-hydrogen) atoms. The number of nitrogens with zero attached hydrogens (tertiary/aromatic N) is 1. The van der Waals surface area contributed by atoms with E-state index in [4.69, 9.17) is 0 Å². The molecule has 0 fully saturated rings. The Morgan fingerprint density at radius 2 is 1.88 bits per heavy atom. The van der Waals surface area contributed by atoms with Gasteiger partial charge in [-0.25, -0.2) is 0 Å². The van der Waals surface area contributed by atoms with Gasteiger partial charge in [-0.1, -0.05) is 45.2 Å². The van der Waals surface area contributed by atoms with Gasteiger partial charge in [0.05, 0.1) is 5.35 Å². The molecular formula is C16H25N. The van der Waals surface area contributed by atoms with E-state index in [0.717, 1.165) is 0 Å². The second-order valence-electron chi connectivity index (χ2n) is 3.91. The predicted octanol–water partition coefficient (Wildman–Crippen LogP) is 3.42. The Hall–Kier alpha value is -1.50. The van der Waals surface area contributed by atoms with E-state index in [0.29, 0.717) is 6.04 Å². The lowest BCUT2D eigenvalue weighted by molar-refractivity contribution is 0.587. The number of rotatable bonds is 3. The second kappa shape index (κ2) is 7.72. The highest BCUT2D eigenvalue weighted by molar-refractivity contribution is 5.53. The summed E-state index contributed by atoms with van der Waals surface area (Å²) in [5.74, 6) is 0. The molecular weight excluding hydrogens is 206 g/mol. The summed E-state index contributed by atoms with van der Waals surface area (Å²) in [5.41, 5.74) is 1.20. The summed E-state index contributed by atoms with van der Waals surface area (Å²) in [7, 11) is 0. The van der Waals surface area contributed by atoms with E-state index in [-0.39, 0.29) is 0 Å². The molecule has 0 spiro atoms. The average molecular weight is 231 g/mol. The Bertz CT molecular complexity index is 472. The molecule has 0 aliphatic heterocycles. The minimum atomic E-state index is 0.460. The number of allylic oxidation sites excluding steroid dienone is 2. The van der Waals surface area contributed by atoms with E-state index in [2.05, 4.69) is 50.8 Å². The van der Waals surface area contributed by atoms with Crippen molar-refractivity contribution in [3.63, 3.8) is 0 Å². The lowest BCUT2D eigenvalue weighted by Gasteiger charge is -2.08. The summed E-state index contributed by atoms with van der Waals surface area (Å²) in [6, 6.07) is 2.58. The van der Waals surface area contributed by atoms with Crippen LogP contribution in [0.15, 0.2) is 37.6 Å². The molecule has 1 aromatic rings. The largest absolute Gasteiger partial charge is 0.345 e. The highest BCUT2D eigenvalue weighted by Crippen LogP contribution is 1.99. The molecule has 0 N–H and O–H groups in total. The molecule has 0 bridgehead atoms. The Morgan fingerprint density at radius 3 is 2.29 bits per heavy atom. The van der Waals surface area contributed by atoms with Crippen LogP contribution in [0.2, 0.25) is 0 Å². The van der Waals surface area contributed by atoms with Crippen LogP contribution in [0.25, 0.3) is 11.6 Å². The van der Waals surface area contributed by atoms with E-state index in [1.165, 1.54) is 16.1 Å². The molecule has 1 heteroatoms. The smallest absolute Gasteiger partial charge is 0.0512 e. The van der Waals surface area contributed by atoms with Crippen LogP contribution in [0.5, 0.6) is 0 Å². The van der Waals surface area contributed by atoms with Crippen LogP contribution in [0.3, 0.4) is 0 Å². The number of hydrogen-bond acceptors (Lipinski definition) is 0. The lowest BCUT2D eigenvalue weighted by atomic mass is 10.2. The number of hydrogen-bond donors (Lipinski definition) is 0. The van der Waals surface area contributed by atoms with Crippen LogP contribution >= 0.6 is 0 Å². The van der Waals surface area contributed by atoms with Crippen molar-refractivity contribution in [2.75, 3.05) is 0 Å². The third kappa shape index (κ3) is 3.77. The van der Waals surface area contributed by atoms with Crippen LogP contribution < -0.4 is 10.6 Å². The molecule has 0 saturated heterocycles. The first-order chi connectivity index (χ1) is 8.11. The van der Waals surface area contributed by atoms with Gasteiger partial charge in [0.25, 0.3) is 0 Å². The summed E-state index contributed by atoms with van der Waals surface area (Å²) >= 11 is 0. The molecule has 0 aliphatic rings. The quantitative estimate of drug-likeness (QED) is 0.751. The lowest BCUT2D eigenvalue weighted by Crippen LogP contribution is -2.31. The van der Waals surface area contributed by atoms with Crippen LogP contribution in [0, 0.1) is 0 Å². The molecule has 1 nitrogen and oxygen atoms in total. The van der Waals surface area contributed by atoms with E-state index in [1.807, 2.05) is 32.1 Å². The Kier molecular flexibility index (Phi) is 7.04. The van der Waals surface area contributed by atoms with E-state index in [9.17, 15) is 0 Å². The molecule has 0 unspecified atom stereocenters. The van der Waals surface area contributed by atoms with Crippen molar-refractivity contribution in [3.8, 4) is 0 Å². The van der Waals surface area contributed by atoms with Crippen molar-refractivity contribution >= 4 is 11.6 Å². The van der Waals surface area contributed by atoms with Gasteiger partial charge in [0, 0.05) is 12.2 Å². The molecule has 1 aromatic heterocycles.